The highest BCUT2D eigenvalue weighted by Gasteiger charge is 2.05. The summed E-state index contributed by atoms with van der Waals surface area (Å²) in [6.07, 6.45) is 6.13. The van der Waals surface area contributed by atoms with E-state index in [0.717, 1.165) is 21.3 Å². The lowest BCUT2D eigenvalue weighted by molar-refractivity contribution is 0.496. The second-order valence-electron chi connectivity index (χ2n) is 4.85. The Morgan fingerprint density at radius 3 is 2.86 bits per heavy atom. The smallest absolute Gasteiger partial charge is 0.240 e. The number of pyridine rings is 1. The minimum atomic E-state index is 0.494. The van der Waals surface area contributed by atoms with Crippen molar-refractivity contribution in [1.82, 2.24) is 15.2 Å². The van der Waals surface area contributed by atoms with E-state index in [-0.39, 0.29) is 0 Å². The standard InChI is InChI=1S/C17H14BrN3O/c1-12-14(5-3-9-19-12)7-8-16-20-21-17(22-16)11-13-4-2-6-15(18)10-13/h2-10H,11H2,1H3/b8-7+. The van der Waals surface area contributed by atoms with Crippen LogP contribution in [-0.4, -0.2) is 15.2 Å². The fourth-order valence-corrected chi connectivity index (χ4v) is 2.51. The van der Waals surface area contributed by atoms with Crippen molar-refractivity contribution in [3.8, 4) is 0 Å². The summed E-state index contributed by atoms with van der Waals surface area (Å²) in [4.78, 5) is 4.24. The monoisotopic (exact) mass is 355 g/mol. The number of aromatic nitrogens is 3. The lowest BCUT2D eigenvalue weighted by atomic mass is 10.1. The van der Waals surface area contributed by atoms with Gasteiger partial charge in [0, 0.05) is 22.4 Å². The van der Waals surface area contributed by atoms with Crippen LogP contribution >= 0.6 is 15.9 Å². The molecule has 0 aliphatic rings. The fourth-order valence-electron chi connectivity index (χ4n) is 2.06. The van der Waals surface area contributed by atoms with Crippen LogP contribution in [0.25, 0.3) is 12.2 Å². The van der Waals surface area contributed by atoms with Crippen LogP contribution in [-0.2, 0) is 6.42 Å². The number of aryl methyl sites for hydroxylation is 1. The summed E-state index contributed by atoms with van der Waals surface area (Å²) in [6, 6.07) is 11.9. The molecule has 22 heavy (non-hydrogen) atoms. The number of rotatable bonds is 4. The number of halogens is 1. The van der Waals surface area contributed by atoms with Crippen molar-refractivity contribution in [3.05, 3.63) is 75.7 Å². The van der Waals surface area contributed by atoms with E-state index in [2.05, 4.69) is 31.1 Å². The third-order valence-corrected chi connectivity index (χ3v) is 3.67. The highest BCUT2D eigenvalue weighted by molar-refractivity contribution is 9.10. The molecular formula is C17H14BrN3O. The molecule has 0 radical (unpaired) electrons. The SMILES string of the molecule is Cc1ncccc1/C=C/c1nnc(Cc2cccc(Br)c2)o1. The van der Waals surface area contributed by atoms with E-state index in [9.17, 15) is 0 Å². The first-order chi connectivity index (χ1) is 10.7. The Bertz CT molecular complexity index is 811. The van der Waals surface area contributed by atoms with Crippen LogP contribution in [0.1, 0.15) is 28.6 Å². The largest absolute Gasteiger partial charge is 0.421 e. The summed E-state index contributed by atoms with van der Waals surface area (Å²) < 4.78 is 6.68. The first kappa shape index (κ1) is 14.7. The van der Waals surface area contributed by atoms with E-state index >= 15 is 0 Å². The van der Waals surface area contributed by atoms with Gasteiger partial charge in [0.25, 0.3) is 0 Å². The molecule has 0 aliphatic heterocycles. The van der Waals surface area contributed by atoms with Crippen LogP contribution in [0, 0.1) is 6.92 Å². The Hall–Kier alpha value is -2.27. The topological polar surface area (TPSA) is 51.8 Å². The first-order valence-corrected chi connectivity index (χ1v) is 7.66. The Morgan fingerprint density at radius 2 is 2.05 bits per heavy atom. The molecule has 3 rings (SSSR count). The average Bonchev–Trinajstić information content (AvgIpc) is 2.94. The lowest BCUT2D eigenvalue weighted by Gasteiger charge is -1.97. The minimum absolute atomic E-state index is 0.494. The molecule has 2 heterocycles. The van der Waals surface area contributed by atoms with Crippen molar-refractivity contribution >= 4 is 28.1 Å². The molecular weight excluding hydrogens is 342 g/mol. The number of benzene rings is 1. The van der Waals surface area contributed by atoms with Gasteiger partial charge in [0.15, 0.2) is 0 Å². The van der Waals surface area contributed by atoms with Gasteiger partial charge in [0.2, 0.25) is 11.8 Å². The highest BCUT2D eigenvalue weighted by Crippen LogP contribution is 2.15. The quantitative estimate of drug-likeness (QED) is 0.700. The van der Waals surface area contributed by atoms with E-state index in [1.54, 1.807) is 12.3 Å². The molecule has 2 aromatic heterocycles. The average molecular weight is 356 g/mol. The third-order valence-electron chi connectivity index (χ3n) is 3.18. The molecule has 0 saturated carbocycles. The molecule has 110 valence electrons. The molecule has 0 amide bonds. The Morgan fingerprint density at radius 1 is 1.14 bits per heavy atom. The summed E-state index contributed by atoms with van der Waals surface area (Å²) in [5, 5.41) is 8.12. The third kappa shape index (κ3) is 3.68. The maximum atomic E-state index is 5.64. The number of hydrogen-bond acceptors (Lipinski definition) is 4. The summed E-state index contributed by atoms with van der Waals surface area (Å²) in [5.41, 5.74) is 3.12. The molecule has 1 aromatic carbocycles. The van der Waals surface area contributed by atoms with Crippen LogP contribution in [0.4, 0.5) is 0 Å². The summed E-state index contributed by atoms with van der Waals surface area (Å²) >= 11 is 3.45. The number of hydrogen-bond donors (Lipinski definition) is 0. The normalized spacial score (nSPS) is 11.2. The molecule has 0 fully saturated rings. The molecule has 0 unspecified atom stereocenters. The van der Waals surface area contributed by atoms with Crippen molar-refractivity contribution in [2.45, 2.75) is 13.3 Å². The molecule has 3 aromatic rings. The van der Waals surface area contributed by atoms with Gasteiger partial charge in [-0.2, -0.15) is 0 Å². The van der Waals surface area contributed by atoms with Gasteiger partial charge in [-0.25, -0.2) is 0 Å². The van der Waals surface area contributed by atoms with Gasteiger partial charge in [0.1, 0.15) is 0 Å². The van der Waals surface area contributed by atoms with E-state index < -0.39 is 0 Å². The van der Waals surface area contributed by atoms with E-state index in [1.807, 2.05) is 49.4 Å². The molecule has 0 N–H and O–H groups in total. The van der Waals surface area contributed by atoms with Gasteiger partial charge in [-0.3, -0.25) is 4.98 Å². The Balaban J connectivity index is 1.73. The molecule has 0 spiro atoms. The predicted molar refractivity (Wildman–Crippen MR) is 89.1 cm³/mol. The number of nitrogens with zero attached hydrogens (tertiary/aromatic N) is 3. The maximum Gasteiger partial charge on any atom is 0.240 e. The lowest BCUT2D eigenvalue weighted by Crippen LogP contribution is -1.87. The van der Waals surface area contributed by atoms with Crippen LogP contribution in [0.15, 0.2) is 51.5 Å². The molecule has 4 nitrogen and oxygen atoms in total. The molecule has 5 heteroatoms. The summed E-state index contributed by atoms with van der Waals surface area (Å²) in [6.45, 7) is 1.96. The van der Waals surface area contributed by atoms with Gasteiger partial charge in [-0.05, 0) is 42.3 Å². The van der Waals surface area contributed by atoms with Gasteiger partial charge in [-0.1, -0.05) is 34.1 Å². The van der Waals surface area contributed by atoms with Gasteiger partial charge in [0.05, 0.1) is 6.42 Å². The van der Waals surface area contributed by atoms with Gasteiger partial charge < -0.3 is 4.42 Å². The van der Waals surface area contributed by atoms with Crippen LogP contribution in [0.3, 0.4) is 0 Å². The Labute approximate surface area is 137 Å². The Kier molecular flexibility index (Phi) is 4.44. The van der Waals surface area contributed by atoms with Crippen molar-refractivity contribution in [3.63, 3.8) is 0 Å². The molecule has 0 atom stereocenters. The first-order valence-electron chi connectivity index (χ1n) is 6.87. The maximum absolute atomic E-state index is 5.64. The predicted octanol–water partition coefficient (Wildman–Crippen LogP) is 4.30. The van der Waals surface area contributed by atoms with E-state index in [1.165, 1.54) is 0 Å². The molecule has 0 bridgehead atoms. The van der Waals surface area contributed by atoms with Crippen LogP contribution in [0.2, 0.25) is 0 Å². The second kappa shape index (κ2) is 6.66. The fraction of sp³-hybridized carbons (Fsp3) is 0.118. The van der Waals surface area contributed by atoms with Crippen LogP contribution in [0.5, 0.6) is 0 Å². The van der Waals surface area contributed by atoms with Crippen molar-refractivity contribution in [2.24, 2.45) is 0 Å². The van der Waals surface area contributed by atoms with Crippen molar-refractivity contribution in [1.29, 1.82) is 0 Å². The zero-order valence-corrected chi connectivity index (χ0v) is 13.6. The molecule has 0 aliphatic carbocycles. The minimum Gasteiger partial charge on any atom is -0.421 e. The second-order valence-corrected chi connectivity index (χ2v) is 5.77. The zero-order valence-electron chi connectivity index (χ0n) is 12.0. The zero-order chi connectivity index (χ0) is 15.4. The van der Waals surface area contributed by atoms with Crippen molar-refractivity contribution < 1.29 is 4.42 Å². The van der Waals surface area contributed by atoms with Gasteiger partial charge in [-0.15, -0.1) is 10.2 Å². The van der Waals surface area contributed by atoms with Crippen LogP contribution < -0.4 is 0 Å². The molecule has 0 saturated heterocycles. The van der Waals surface area contributed by atoms with E-state index in [0.29, 0.717) is 18.2 Å². The summed E-state index contributed by atoms with van der Waals surface area (Å²) in [5.74, 6) is 1.09. The summed E-state index contributed by atoms with van der Waals surface area (Å²) in [7, 11) is 0. The highest BCUT2D eigenvalue weighted by atomic mass is 79.9. The van der Waals surface area contributed by atoms with Gasteiger partial charge >= 0.3 is 0 Å². The van der Waals surface area contributed by atoms with Crippen molar-refractivity contribution in [2.75, 3.05) is 0 Å². The van der Waals surface area contributed by atoms with E-state index in [4.69, 9.17) is 4.42 Å².